The van der Waals surface area contributed by atoms with Gasteiger partial charge in [0.2, 0.25) is 0 Å². The fraction of sp³-hybridized carbons (Fsp3) is 0.833. The van der Waals surface area contributed by atoms with E-state index >= 15 is 0 Å². The molecule has 2 atom stereocenters. The Morgan fingerprint density at radius 3 is 2.03 bits per heavy atom. The summed E-state index contributed by atoms with van der Waals surface area (Å²) in [6.07, 6.45) is 23.9. The summed E-state index contributed by atoms with van der Waals surface area (Å²) in [5.74, 6) is 0. The number of rotatable bonds is 24. The minimum Gasteiger partial charge on any atom is -0.388 e. The average Bonchev–Trinajstić information content (AvgIpc) is 2.78. The molecule has 0 aliphatic heterocycles. The van der Waals surface area contributed by atoms with Gasteiger partial charge in [-0.15, -0.1) is 0 Å². The molecule has 0 aromatic heterocycles. The standard InChI is InChI=1S/C24H48NO6P/c1-2-3-4-5-6-7-8-9-10-11-12-13-14-15-16-17-18-20-29-22-24(26)23-31-32(27,28)30-21-19-25/h7-8,10-11,24,26H,2-6,9,12-23,25H2,1H3,(H,27,28)/b8-7-,11-10-. The topological polar surface area (TPSA) is 111 Å². The predicted octanol–water partition coefficient (Wildman–Crippen LogP) is 5.66. The first-order valence-corrected chi connectivity index (χ1v) is 13.9. The largest absolute Gasteiger partial charge is 0.472 e. The second-order valence-corrected chi connectivity index (χ2v) is 9.51. The molecule has 0 aliphatic rings. The number of aliphatic hydroxyl groups is 1. The van der Waals surface area contributed by atoms with Crippen molar-refractivity contribution in [2.24, 2.45) is 5.73 Å². The summed E-state index contributed by atoms with van der Waals surface area (Å²) in [5.41, 5.74) is 5.19. The molecule has 0 saturated heterocycles. The lowest BCUT2D eigenvalue weighted by Gasteiger charge is -2.15. The number of hydrogen-bond acceptors (Lipinski definition) is 6. The normalized spacial score (nSPS) is 15.0. The molecule has 0 spiro atoms. The van der Waals surface area contributed by atoms with Crippen LogP contribution in [0.1, 0.15) is 90.4 Å². The highest BCUT2D eigenvalue weighted by molar-refractivity contribution is 7.47. The molecule has 0 aromatic carbocycles. The monoisotopic (exact) mass is 477 g/mol. The number of phosphoric acid groups is 1. The number of hydrogen-bond donors (Lipinski definition) is 3. The van der Waals surface area contributed by atoms with E-state index in [0.717, 1.165) is 25.7 Å². The number of nitrogens with two attached hydrogens (primary N) is 1. The molecule has 0 bridgehead atoms. The highest BCUT2D eigenvalue weighted by atomic mass is 31.2. The average molecular weight is 478 g/mol. The fourth-order valence-electron chi connectivity index (χ4n) is 3.02. The van der Waals surface area contributed by atoms with E-state index in [4.69, 9.17) is 10.5 Å². The summed E-state index contributed by atoms with van der Waals surface area (Å²) < 4.78 is 26.1. The summed E-state index contributed by atoms with van der Waals surface area (Å²) in [6, 6.07) is 0. The minimum atomic E-state index is -4.15. The number of allylic oxidation sites excluding steroid dienone is 4. The molecule has 2 unspecified atom stereocenters. The zero-order valence-electron chi connectivity index (χ0n) is 20.2. The van der Waals surface area contributed by atoms with Crippen molar-refractivity contribution < 1.29 is 28.3 Å². The van der Waals surface area contributed by atoms with E-state index in [1.165, 1.54) is 57.8 Å². The second kappa shape index (κ2) is 23.6. The van der Waals surface area contributed by atoms with Crippen molar-refractivity contribution in [3.05, 3.63) is 24.3 Å². The minimum absolute atomic E-state index is 0.0667. The van der Waals surface area contributed by atoms with Gasteiger partial charge in [0.1, 0.15) is 6.10 Å². The quantitative estimate of drug-likeness (QED) is 0.0934. The first kappa shape index (κ1) is 31.5. The van der Waals surface area contributed by atoms with Crippen molar-refractivity contribution in [3.63, 3.8) is 0 Å². The van der Waals surface area contributed by atoms with Crippen LogP contribution < -0.4 is 5.73 Å². The number of unbranched alkanes of at least 4 members (excludes halogenated alkanes) is 10. The maximum atomic E-state index is 11.4. The molecular weight excluding hydrogens is 429 g/mol. The predicted molar refractivity (Wildman–Crippen MR) is 132 cm³/mol. The molecular formula is C24H48NO6P. The Morgan fingerprint density at radius 2 is 1.41 bits per heavy atom. The van der Waals surface area contributed by atoms with Crippen molar-refractivity contribution in [1.82, 2.24) is 0 Å². The number of aliphatic hydroxyl groups excluding tert-OH is 1. The summed E-state index contributed by atoms with van der Waals surface area (Å²) in [6.45, 7) is 2.60. The zero-order valence-corrected chi connectivity index (χ0v) is 21.1. The third-order valence-corrected chi connectivity index (χ3v) is 5.84. The molecule has 32 heavy (non-hydrogen) atoms. The van der Waals surface area contributed by atoms with Gasteiger partial charge in [-0.25, -0.2) is 4.57 Å². The van der Waals surface area contributed by atoms with E-state index in [1.807, 2.05) is 0 Å². The molecule has 0 heterocycles. The molecule has 0 aromatic rings. The SMILES string of the molecule is CCCCCC/C=C\C/C=C\CCCCCCCCOCC(O)COP(=O)(O)OCCN. The lowest BCUT2D eigenvalue weighted by atomic mass is 10.1. The van der Waals surface area contributed by atoms with Gasteiger partial charge in [-0.05, 0) is 38.5 Å². The summed E-state index contributed by atoms with van der Waals surface area (Å²) in [5, 5.41) is 9.71. The van der Waals surface area contributed by atoms with Gasteiger partial charge in [0, 0.05) is 13.2 Å². The molecule has 0 aliphatic carbocycles. The van der Waals surface area contributed by atoms with Crippen molar-refractivity contribution in [2.45, 2.75) is 96.5 Å². The van der Waals surface area contributed by atoms with Gasteiger partial charge in [0.25, 0.3) is 0 Å². The van der Waals surface area contributed by atoms with Gasteiger partial charge in [-0.1, -0.05) is 76.2 Å². The Morgan fingerprint density at radius 1 is 0.812 bits per heavy atom. The third kappa shape index (κ3) is 24.1. The van der Waals surface area contributed by atoms with Gasteiger partial charge >= 0.3 is 7.82 Å². The van der Waals surface area contributed by atoms with E-state index < -0.39 is 13.9 Å². The van der Waals surface area contributed by atoms with Gasteiger partial charge in [0.15, 0.2) is 0 Å². The molecule has 0 radical (unpaired) electrons. The maximum Gasteiger partial charge on any atom is 0.472 e. The van der Waals surface area contributed by atoms with Crippen molar-refractivity contribution in [3.8, 4) is 0 Å². The third-order valence-electron chi connectivity index (χ3n) is 4.85. The summed E-state index contributed by atoms with van der Waals surface area (Å²) in [4.78, 5) is 9.33. The van der Waals surface area contributed by atoms with E-state index in [9.17, 15) is 14.6 Å². The van der Waals surface area contributed by atoms with Gasteiger partial charge in [0.05, 0.1) is 19.8 Å². The number of phosphoric ester groups is 1. The Kier molecular flexibility index (Phi) is 23.2. The van der Waals surface area contributed by atoms with Crippen LogP contribution in [-0.2, 0) is 18.3 Å². The van der Waals surface area contributed by atoms with Crippen LogP contribution in [0.4, 0.5) is 0 Å². The van der Waals surface area contributed by atoms with Crippen LogP contribution in [0.2, 0.25) is 0 Å². The molecule has 4 N–H and O–H groups in total. The highest BCUT2D eigenvalue weighted by Crippen LogP contribution is 2.42. The van der Waals surface area contributed by atoms with Crippen molar-refractivity contribution in [1.29, 1.82) is 0 Å². The first-order valence-electron chi connectivity index (χ1n) is 12.4. The van der Waals surface area contributed by atoms with Crippen LogP contribution in [0.3, 0.4) is 0 Å². The van der Waals surface area contributed by atoms with E-state index in [0.29, 0.717) is 6.61 Å². The van der Waals surface area contributed by atoms with Gasteiger partial charge in [-0.3, -0.25) is 9.05 Å². The smallest absolute Gasteiger partial charge is 0.388 e. The van der Waals surface area contributed by atoms with Crippen LogP contribution in [0.15, 0.2) is 24.3 Å². The lowest BCUT2D eigenvalue weighted by Crippen LogP contribution is -2.22. The summed E-state index contributed by atoms with van der Waals surface area (Å²) >= 11 is 0. The molecule has 0 fully saturated rings. The Bertz CT molecular complexity index is 501. The Hall–Kier alpha value is -0.530. The fourth-order valence-corrected chi connectivity index (χ4v) is 3.79. The molecule has 0 saturated carbocycles. The van der Waals surface area contributed by atoms with Crippen molar-refractivity contribution in [2.75, 3.05) is 33.0 Å². The van der Waals surface area contributed by atoms with Gasteiger partial charge in [-0.2, -0.15) is 0 Å². The van der Waals surface area contributed by atoms with E-state index in [2.05, 4.69) is 40.3 Å². The Labute approximate surface area is 196 Å². The van der Waals surface area contributed by atoms with Crippen LogP contribution in [0.5, 0.6) is 0 Å². The zero-order chi connectivity index (χ0) is 23.8. The molecule has 8 heteroatoms. The number of ether oxygens (including phenoxy) is 1. The van der Waals surface area contributed by atoms with Crippen LogP contribution in [0, 0.1) is 0 Å². The van der Waals surface area contributed by atoms with Crippen LogP contribution in [0.25, 0.3) is 0 Å². The Balaban J connectivity index is 3.37. The second-order valence-electron chi connectivity index (χ2n) is 8.05. The van der Waals surface area contributed by atoms with E-state index in [1.54, 1.807) is 0 Å². The maximum absolute atomic E-state index is 11.4. The summed E-state index contributed by atoms with van der Waals surface area (Å²) in [7, 11) is -4.15. The highest BCUT2D eigenvalue weighted by Gasteiger charge is 2.22. The molecule has 7 nitrogen and oxygen atoms in total. The van der Waals surface area contributed by atoms with Crippen LogP contribution in [-0.4, -0.2) is 49.1 Å². The first-order chi connectivity index (χ1) is 15.5. The molecule has 0 rings (SSSR count). The van der Waals surface area contributed by atoms with Crippen LogP contribution >= 0.6 is 7.82 Å². The van der Waals surface area contributed by atoms with E-state index in [-0.39, 0.29) is 26.4 Å². The van der Waals surface area contributed by atoms with Gasteiger partial charge < -0.3 is 20.5 Å². The lowest BCUT2D eigenvalue weighted by molar-refractivity contribution is 0.00230. The molecule has 190 valence electrons. The van der Waals surface area contributed by atoms with Crippen molar-refractivity contribution >= 4 is 7.82 Å². The molecule has 0 amide bonds.